The lowest BCUT2D eigenvalue weighted by molar-refractivity contribution is 1.57. The van der Waals surface area contributed by atoms with Crippen molar-refractivity contribution in [2.45, 2.75) is 0 Å². The Hall–Kier alpha value is -2.28. The monoisotopic (exact) mass is 225 g/mol. The van der Waals surface area contributed by atoms with E-state index in [4.69, 9.17) is 0 Å². The van der Waals surface area contributed by atoms with Crippen LogP contribution in [0.15, 0.2) is 72.8 Å². The number of fused-ring (bicyclic) bond motifs is 1. The molecule has 3 aromatic rings. The maximum atomic E-state index is 3.40. The first-order valence-electron chi connectivity index (χ1n) is 5.73. The van der Waals surface area contributed by atoms with E-state index in [1.807, 2.05) is 18.2 Å². The van der Waals surface area contributed by atoms with Crippen LogP contribution < -0.4 is 5.32 Å². The second kappa shape index (κ2) is 4.30. The third kappa shape index (κ3) is 2.13. The van der Waals surface area contributed by atoms with Gasteiger partial charge in [0.25, 0.3) is 0 Å². The molecule has 3 rings (SSSR count). The molecule has 0 amide bonds. The Morgan fingerprint density at radius 3 is 2.06 bits per heavy atom. The van der Waals surface area contributed by atoms with Gasteiger partial charge in [-0.25, -0.2) is 0 Å². The quantitative estimate of drug-likeness (QED) is 0.673. The molecule has 0 saturated heterocycles. The third-order valence-electron chi connectivity index (χ3n) is 2.81. The average Bonchev–Trinajstić information content (AvgIpc) is 2.40. The van der Waals surface area contributed by atoms with Crippen molar-refractivity contribution in [3.63, 3.8) is 0 Å². The minimum atomic E-state index is 1.11. The van der Waals surface area contributed by atoms with Gasteiger partial charge in [-0.1, -0.05) is 48.5 Å². The van der Waals surface area contributed by atoms with E-state index >= 15 is 0 Å². The van der Waals surface area contributed by atoms with Gasteiger partial charge >= 0.3 is 0 Å². The summed E-state index contributed by atoms with van der Waals surface area (Å²) in [6.07, 6.45) is 0. The van der Waals surface area contributed by atoms with Crippen LogP contribution in [0.1, 0.15) is 0 Å². The molecule has 82 valence electrons. The van der Waals surface area contributed by atoms with Crippen molar-refractivity contribution in [2.24, 2.45) is 0 Å². The van der Waals surface area contributed by atoms with Gasteiger partial charge in [0, 0.05) is 11.4 Å². The van der Waals surface area contributed by atoms with Crippen LogP contribution in [0.5, 0.6) is 0 Å². The SMILES string of the molecule is c1ccc2cc(N[13c]3[13cH][13cH][13cH][13cH][13cH]3)ccc2c1. The Balaban J connectivity index is 1.96. The zero-order chi connectivity index (χ0) is 11.5. The Morgan fingerprint density at radius 2 is 1.24 bits per heavy atom. The molecule has 17 heavy (non-hydrogen) atoms. The molecular formula is C16H13N. The van der Waals surface area contributed by atoms with Gasteiger partial charge in [-0.2, -0.15) is 0 Å². The third-order valence-corrected chi connectivity index (χ3v) is 2.81. The van der Waals surface area contributed by atoms with E-state index < -0.39 is 0 Å². The Bertz CT molecular complexity index is 629. The largest absolute Gasteiger partial charge is 0.356 e. The lowest BCUT2D eigenvalue weighted by Gasteiger charge is -2.07. The van der Waals surface area contributed by atoms with Crippen molar-refractivity contribution in [1.29, 1.82) is 0 Å². The van der Waals surface area contributed by atoms with Crippen LogP contribution >= 0.6 is 0 Å². The number of hydrogen-bond acceptors (Lipinski definition) is 1. The van der Waals surface area contributed by atoms with Crippen molar-refractivity contribution >= 4 is 22.1 Å². The molecule has 1 heteroatoms. The molecule has 0 aliphatic carbocycles. The second-order valence-corrected chi connectivity index (χ2v) is 4.05. The fraction of sp³-hybridized carbons (Fsp3) is 0. The number of hydrogen-bond donors (Lipinski definition) is 1. The van der Waals surface area contributed by atoms with Gasteiger partial charge in [-0.3, -0.25) is 0 Å². The van der Waals surface area contributed by atoms with E-state index in [1.165, 1.54) is 10.8 Å². The van der Waals surface area contributed by atoms with Gasteiger partial charge < -0.3 is 5.32 Å². The molecule has 0 aromatic heterocycles. The first-order valence-corrected chi connectivity index (χ1v) is 5.73. The van der Waals surface area contributed by atoms with Crippen LogP contribution in [0.3, 0.4) is 0 Å². The minimum absolute atomic E-state index is 1.11. The summed E-state index contributed by atoms with van der Waals surface area (Å²) in [7, 11) is 0. The van der Waals surface area contributed by atoms with E-state index in [0.29, 0.717) is 0 Å². The first kappa shape index (κ1) is 9.91. The number of benzene rings is 3. The van der Waals surface area contributed by atoms with Gasteiger partial charge in [0.05, 0.1) is 0 Å². The summed E-state index contributed by atoms with van der Waals surface area (Å²) in [5.74, 6) is 0. The molecule has 0 heterocycles. The standard InChI is InChI=1S/C16H13N/c1-2-8-15(9-3-1)17-16-11-10-13-6-4-5-7-14(13)12-16/h1-12,17H/i1+1,2+1,3+1,8+1,9+1,15+1. The number of nitrogens with one attached hydrogen (secondary N) is 1. The van der Waals surface area contributed by atoms with Crippen molar-refractivity contribution in [2.75, 3.05) is 5.32 Å². The lowest BCUT2D eigenvalue weighted by Crippen LogP contribution is -1.89. The van der Waals surface area contributed by atoms with Crippen LogP contribution in [0.2, 0.25) is 0 Å². The van der Waals surface area contributed by atoms with Gasteiger partial charge in [0.15, 0.2) is 0 Å². The molecule has 0 aliphatic heterocycles. The van der Waals surface area contributed by atoms with E-state index in [0.717, 1.165) is 11.4 Å². The number of anilines is 2. The highest BCUT2D eigenvalue weighted by Gasteiger charge is 1.96. The summed E-state index contributed by atoms with van der Waals surface area (Å²) in [6.45, 7) is 0. The molecular weight excluding hydrogens is 212 g/mol. The summed E-state index contributed by atoms with van der Waals surface area (Å²) < 4.78 is 0. The molecule has 0 spiro atoms. The Morgan fingerprint density at radius 1 is 0.529 bits per heavy atom. The summed E-state index contributed by atoms with van der Waals surface area (Å²) >= 11 is 0. The molecule has 0 unspecified atom stereocenters. The zero-order valence-corrected chi connectivity index (χ0v) is 9.43. The van der Waals surface area contributed by atoms with Crippen LogP contribution in [0.25, 0.3) is 10.8 Å². The van der Waals surface area contributed by atoms with Crippen molar-refractivity contribution in [1.82, 2.24) is 0 Å². The van der Waals surface area contributed by atoms with Crippen molar-refractivity contribution < 1.29 is 0 Å². The van der Waals surface area contributed by atoms with Gasteiger partial charge in [-0.15, -0.1) is 0 Å². The molecule has 3 aromatic carbocycles. The molecule has 0 radical (unpaired) electrons. The topological polar surface area (TPSA) is 12.0 Å². The van der Waals surface area contributed by atoms with Crippen molar-refractivity contribution in [3.05, 3.63) is 72.8 Å². The molecule has 0 saturated carbocycles. The summed E-state index contributed by atoms with van der Waals surface area (Å²) in [6, 6.07) is 25.0. The molecule has 1 nitrogen and oxygen atoms in total. The van der Waals surface area contributed by atoms with Crippen LogP contribution in [0.4, 0.5) is 11.4 Å². The average molecular weight is 225 g/mol. The fourth-order valence-corrected chi connectivity index (χ4v) is 1.96. The Kier molecular flexibility index (Phi) is 2.51. The predicted molar refractivity (Wildman–Crippen MR) is 73.7 cm³/mol. The highest BCUT2D eigenvalue weighted by atomic mass is 15.1. The van der Waals surface area contributed by atoms with Gasteiger partial charge in [0.2, 0.25) is 0 Å². The van der Waals surface area contributed by atoms with Crippen LogP contribution in [-0.4, -0.2) is 0 Å². The summed E-state index contributed by atoms with van der Waals surface area (Å²) in [5, 5.41) is 5.92. The predicted octanol–water partition coefficient (Wildman–Crippen LogP) is 4.58. The minimum Gasteiger partial charge on any atom is -0.356 e. The van der Waals surface area contributed by atoms with Crippen LogP contribution in [0, 0.1) is 0 Å². The lowest BCUT2D eigenvalue weighted by atomic mass is 10.1. The zero-order valence-electron chi connectivity index (χ0n) is 9.43. The molecule has 0 aliphatic rings. The molecule has 0 fully saturated rings. The summed E-state index contributed by atoms with van der Waals surface area (Å²) in [5.41, 5.74) is 2.23. The number of rotatable bonds is 2. The van der Waals surface area contributed by atoms with Crippen molar-refractivity contribution in [3.8, 4) is 0 Å². The van der Waals surface area contributed by atoms with E-state index in [2.05, 4.69) is 59.9 Å². The smallest absolute Gasteiger partial charge is 0.0390 e. The van der Waals surface area contributed by atoms with Crippen LogP contribution in [-0.2, 0) is 0 Å². The van der Waals surface area contributed by atoms with E-state index in [9.17, 15) is 0 Å². The van der Waals surface area contributed by atoms with E-state index in [1.54, 1.807) is 0 Å². The number of para-hydroxylation sites is 1. The molecule has 0 bridgehead atoms. The maximum Gasteiger partial charge on any atom is 0.0390 e. The molecule has 0 atom stereocenters. The van der Waals surface area contributed by atoms with E-state index in [-0.39, 0.29) is 0 Å². The fourth-order valence-electron chi connectivity index (χ4n) is 1.96. The second-order valence-electron chi connectivity index (χ2n) is 4.05. The first-order chi connectivity index (χ1) is 8.42. The summed E-state index contributed by atoms with van der Waals surface area (Å²) in [4.78, 5) is 0. The normalized spacial score (nSPS) is 10.4. The van der Waals surface area contributed by atoms with Gasteiger partial charge in [0.1, 0.15) is 0 Å². The van der Waals surface area contributed by atoms with Gasteiger partial charge in [-0.05, 0) is 35.0 Å². The molecule has 1 N–H and O–H groups in total. The Labute approximate surface area is 101 Å². The highest BCUT2D eigenvalue weighted by molar-refractivity contribution is 5.86. The maximum absolute atomic E-state index is 3.40. The highest BCUT2D eigenvalue weighted by Crippen LogP contribution is 2.21.